The van der Waals surface area contributed by atoms with E-state index in [4.69, 9.17) is 10.5 Å². The lowest BCUT2D eigenvalue weighted by molar-refractivity contribution is -0.131. The topological polar surface area (TPSA) is 84.7 Å². The number of nitrogens with two attached hydrogens (primary N) is 1. The van der Waals surface area contributed by atoms with Crippen molar-refractivity contribution in [3.8, 4) is 5.75 Å². The van der Waals surface area contributed by atoms with E-state index in [1.54, 1.807) is 26.2 Å². The molecule has 0 aromatic heterocycles. The van der Waals surface area contributed by atoms with E-state index in [9.17, 15) is 9.59 Å². The van der Waals surface area contributed by atoms with Gasteiger partial charge < -0.3 is 20.7 Å². The van der Waals surface area contributed by atoms with E-state index in [-0.39, 0.29) is 25.0 Å². The third-order valence-electron chi connectivity index (χ3n) is 2.46. The van der Waals surface area contributed by atoms with Crippen LogP contribution in [0.25, 0.3) is 0 Å². The molecular weight excluding hydrogens is 246 g/mol. The molecule has 0 fully saturated rings. The van der Waals surface area contributed by atoms with Crippen molar-refractivity contribution in [3.63, 3.8) is 0 Å². The molecule has 1 aromatic rings. The third-order valence-corrected chi connectivity index (χ3v) is 2.46. The summed E-state index contributed by atoms with van der Waals surface area (Å²) in [6.45, 7) is 0.317. The van der Waals surface area contributed by atoms with Crippen LogP contribution >= 0.6 is 0 Å². The summed E-state index contributed by atoms with van der Waals surface area (Å²) in [6.07, 6.45) is 0. The number of ether oxygens (including phenoxy) is 1. The second-order valence-electron chi connectivity index (χ2n) is 4.20. The van der Waals surface area contributed by atoms with Gasteiger partial charge in [0.05, 0.1) is 6.54 Å². The minimum atomic E-state index is -0.335. The summed E-state index contributed by atoms with van der Waals surface area (Å²) in [5.74, 6) is 0.0880. The predicted octanol–water partition coefficient (Wildman–Crippen LogP) is -0.271. The second kappa shape index (κ2) is 7.38. The molecule has 1 rings (SSSR count). The summed E-state index contributed by atoms with van der Waals surface area (Å²) in [5.41, 5.74) is 6.47. The fourth-order valence-corrected chi connectivity index (χ4v) is 1.25. The van der Waals surface area contributed by atoms with Gasteiger partial charge in [-0.1, -0.05) is 12.1 Å². The Kier molecular flexibility index (Phi) is 5.81. The smallest absolute Gasteiger partial charge is 0.258 e. The van der Waals surface area contributed by atoms with Crippen LogP contribution in [0.5, 0.6) is 5.75 Å². The van der Waals surface area contributed by atoms with Crippen molar-refractivity contribution in [2.45, 2.75) is 6.54 Å². The molecular formula is C13H19N3O3. The normalized spacial score (nSPS) is 9.84. The molecule has 0 heterocycles. The molecule has 0 aliphatic carbocycles. The maximum absolute atomic E-state index is 11.4. The number of likely N-dealkylation sites (N-methyl/N-ethyl adjacent to an activating group) is 1. The molecule has 3 N–H and O–H groups in total. The van der Waals surface area contributed by atoms with Crippen molar-refractivity contribution in [2.24, 2.45) is 5.73 Å². The summed E-state index contributed by atoms with van der Waals surface area (Å²) >= 11 is 0. The molecule has 2 amide bonds. The molecule has 104 valence electrons. The molecule has 0 aliphatic heterocycles. The van der Waals surface area contributed by atoms with Crippen molar-refractivity contribution < 1.29 is 14.3 Å². The standard InChI is InChI=1S/C13H19N3O3/c1-16(2)13(18)8-15-12(17)9-19-11-5-3-10(7-14)4-6-11/h3-6H,7-9,14H2,1-2H3,(H,15,17). The lowest BCUT2D eigenvalue weighted by Crippen LogP contribution is -2.38. The first-order chi connectivity index (χ1) is 9.02. The lowest BCUT2D eigenvalue weighted by atomic mass is 10.2. The number of hydrogen-bond acceptors (Lipinski definition) is 4. The Labute approximate surface area is 112 Å². The molecule has 0 radical (unpaired) electrons. The van der Waals surface area contributed by atoms with Crippen LogP contribution in [-0.2, 0) is 16.1 Å². The molecule has 6 nitrogen and oxygen atoms in total. The molecule has 0 saturated carbocycles. The minimum Gasteiger partial charge on any atom is -0.484 e. The monoisotopic (exact) mass is 265 g/mol. The Balaban J connectivity index is 2.31. The summed E-state index contributed by atoms with van der Waals surface area (Å²) < 4.78 is 5.28. The minimum absolute atomic E-state index is 0.0265. The van der Waals surface area contributed by atoms with Gasteiger partial charge in [0, 0.05) is 20.6 Å². The van der Waals surface area contributed by atoms with E-state index in [0.717, 1.165) is 5.56 Å². The van der Waals surface area contributed by atoms with E-state index >= 15 is 0 Å². The van der Waals surface area contributed by atoms with Gasteiger partial charge >= 0.3 is 0 Å². The van der Waals surface area contributed by atoms with Crippen LogP contribution in [0.3, 0.4) is 0 Å². The number of benzene rings is 1. The number of carbonyl (C=O) groups excluding carboxylic acids is 2. The van der Waals surface area contributed by atoms with E-state index in [1.807, 2.05) is 12.1 Å². The van der Waals surface area contributed by atoms with E-state index in [1.165, 1.54) is 4.90 Å². The Morgan fingerprint density at radius 2 is 1.89 bits per heavy atom. The van der Waals surface area contributed by atoms with Gasteiger partial charge in [0.2, 0.25) is 5.91 Å². The lowest BCUT2D eigenvalue weighted by Gasteiger charge is -2.11. The number of carbonyl (C=O) groups is 2. The van der Waals surface area contributed by atoms with Crippen LogP contribution in [-0.4, -0.2) is 44.0 Å². The van der Waals surface area contributed by atoms with E-state index in [2.05, 4.69) is 5.32 Å². The van der Waals surface area contributed by atoms with E-state index < -0.39 is 0 Å². The van der Waals surface area contributed by atoms with Crippen LogP contribution in [0.2, 0.25) is 0 Å². The molecule has 0 unspecified atom stereocenters. The average Bonchev–Trinajstić information content (AvgIpc) is 2.42. The molecule has 0 bridgehead atoms. The van der Waals surface area contributed by atoms with Gasteiger partial charge in [-0.05, 0) is 17.7 Å². The number of nitrogens with one attached hydrogen (secondary N) is 1. The van der Waals surface area contributed by atoms with Crippen molar-refractivity contribution in [1.29, 1.82) is 0 Å². The SMILES string of the molecule is CN(C)C(=O)CNC(=O)COc1ccc(CN)cc1. The molecule has 0 atom stereocenters. The van der Waals surface area contributed by atoms with Crippen molar-refractivity contribution in [2.75, 3.05) is 27.2 Å². The zero-order chi connectivity index (χ0) is 14.3. The zero-order valence-electron chi connectivity index (χ0n) is 11.2. The quantitative estimate of drug-likeness (QED) is 0.741. The highest BCUT2D eigenvalue weighted by Gasteiger charge is 2.07. The average molecular weight is 265 g/mol. The Bertz CT molecular complexity index is 429. The molecule has 6 heteroatoms. The Morgan fingerprint density at radius 1 is 1.26 bits per heavy atom. The first-order valence-corrected chi connectivity index (χ1v) is 5.91. The first-order valence-electron chi connectivity index (χ1n) is 5.91. The first kappa shape index (κ1) is 15.0. The van der Waals surface area contributed by atoms with Crippen LogP contribution in [0.4, 0.5) is 0 Å². The number of amides is 2. The van der Waals surface area contributed by atoms with Gasteiger partial charge in [-0.3, -0.25) is 9.59 Å². The summed E-state index contributed by atoms with van der Waals surface area (Å²) in [7, 11) is 3.26. The van der Waals surface area contributed by atoms with Gasteiger partial charge in [0.25, 0.3) is 5.91 Å². The van der Waals surface area contributed by atoms with Gasteiger partial charge in [0.1, 0.15) is 5.75 Å². The molecule has 0 spiro atoms. The van der Waals surface area contributed by atoms with Gasteiger partial charge in [0.15, 0.2) is 6.61 Å². The molecule has 19 heavy (non-hydrogen) atoms. The zero-order valence-corrected chi connectivity index (χ0v) is 11.2. The van der Waals surface area contributed by atoms with Crippen molar-refractivity contribution in [3.05, 3.63) is 29.8 Å². The summed E-state index contributed by atoms with van der Waals surface area (Å²) in [6, 6.07) is 7.17. The predicted molar refractivity (Wildman–Crippen MR) is 71.5 cm³/mol. The fourth-order valence-electron chi connectivity index (χ4n) is 1.25. The number of nitrogens with zero attached hydrogens (tertiary/aromatic N) is 1. The van der Waals surface area contributed by atoms with Crippen LogP contribution < -0.4 is 15.8 Å². The molecule has 0 aliphatic rings. The second-order valence-corrected chi connectivity index (χ2v) is 4.20. The van der Waals surface area contributed by atoms with Gasteiger partial charge in [-0.15, -0.1) is 0 Å². The molecule has 1 aromatic carbocycles. The van der Waals surface area contributed by atoms with E-state index in [0.29, 0.717) is 12.3 Å². The fraction of sp³-hybridized carbons (Fsp3) is 0.385. The van der Waals surface area contributed by atoms with Gasteiger partial charge in [-0.2, -0.15) is 0 Å². The van der Waals surface area contributed by atoms with Crippen LogP contribution in [0, 0.1) is 0 Å². The number of rotatable bonds is 6. The van der Waals surface area contributed by atoms with Crippen LogP contribution in [0.1, 0.15) is 5.56 Å². The van der Waals surface area contributed by atoms with Crippen molar-refractivity contribution in [1.82, 2.24) is 10.2 Å². The summed E-state index contributed by atoms with van der Waals surface area (Å²) in [4.78, 5) is 24.1. The highest BCUT2D eigenvalue weighted by molar-refractivity contribution is 5.85. The molecule has 0 saturated heterocycles. The Hall–Kier alpha value is -2.08. The Morgan fingerprint density at radius 3 is 2.42 bits per heavy atom. The maximum atomic E-state index is 11.4. The largest absolute Gasteiger partial charge is 0.484 e. The summed E-state index contributed by atoms with van der Waals surface area (Å²) in [5, 5.41) is 2.48. The highest BCUT2D eigenvalue weighted by atomic mass is 16.5. The highest BCUT2D eigenvalue weighted by Crippen LogP contribution is 2.11. The number of hydrogen-bond donors (Lipinski definition) is 2. The maximum Gasteiger partial charge on any atom is 0.258 e. The van der Waals surface area contributed by atoms with Crippen molar-refractivity contribution >= 4 is 11.8 Å². The third kappa shape index (κ3) is 5.39. The van der Waals surface area contributed by atoms with Gasteiger partial charge in [-0.25, -0.2) is 0 Å². The van der Waals surface area contributed by atoms with Crippen LogP contribution in [0.15, 0.2) is 24.3 Å².